The summed E-state index contributed by atoms with van der Waals surface area (Å²) in [5.74, 6) is -0.759. The number of nitrogens with zero attached hydrogens (tertiary/aromatic N) is 3. The Morgan fingerprint density at radius 2 is 2.00 bits per heavy atom. The molecule has 0 saturated carbocycles. The topological polar surface area (TPSA) is 115 Å². The number of rotatable bonds is 2. The van der Waals surface area contributed by atoms with Crippen LogP contribution in [0.15, 0.2) is 60.0 Å². The number of carbonyl (C=O) groups is 1. The molecular formula is C17H14N6O. The Balaban J connectivity index is 2.02. The molecule has 0 atom stereocenters. The van der Waals surface area contributed by atoms with Crippen LogP contribution in [-0.2, 0) is 0 Å². The van der Waals surface area contributed by atoms with Crippen LogP contribution in [0.4, 0.5) is 0 Å². The van der Waals surface area contributed by atoms with Gasteiger partial charge in [-0.05, 0) is 30.3 Å². The molecule has 5 N–H and O–H groups in total. The van der Waals surface area contributed by atoms with Gasteiger partial charge < -0.3 is 16.5 Å². The van der Waals surface area contributed by atoms with Crippen LogP contribution in [0, 0.1) is 0 Å². The van der Waals surface area contributed by atoms with E-state index >= 15 is 0 Å². The zero-order valence-corrected chi connectivity index (χ0v) is 12.6. The number of pyridine rings is 1. The standard InChI is InChI=1S/C17H14N6O/c18-17(19)22-16(24)12-9-23(15-10(12)3-2-7-21-15)14-5-1-4-13-11(14)6-8-20-13/h1-9,20H,(H4,18,19,22,24). The Morgan fingerprint density at radius 1 is 1.12 bits per heavy atom. The summed E-state index contributed by atoms with van der Waals surface area (Å²) in [6.07, 6.45) is 5.28. The highest BCUT2D eigenvalue weighted by Gasteiger charge is 2.17. The lowest BCUT2D eigenvalue weighted by Gasteiger charge is -2.06. The second kappa shape index (κ2) is 5.24. The first-order chi connectivity index (χ1) is 11.6. The third-order valence-corrected chi connectivity index (χ3v) is 3.86. The second-order valence-electron chi connectivity index (χ2n) is 5.35. The lowest BCUT2D eigenvalue weighted by Crippen LogP contribution is -2.24. The minimum atomic E-state index is -0.493. The first-order valence-corrected chi connectivity index (χ1v) is 7.31. The SMILES string of the molecule is NC(N)=NC(=O)c1cn(-c2cccc3[nH]ccc23)c2ncccc12. The van der Waals surface area contributed by atoms with E-state index in [-0.39, 0.29) is 5.96 Å². The number of amides is 1. The van der Waals surface area contributed by atoms with Gasteiger partial charge in [0.05, 0.1) is 11.3 Å². The Bertz CT molecular complexity index is 1100. The molecule has 118 valence electrons. The zero-order valence-electron chi connectivity index (χ0n) is 12.6. The molecule has 3 aromatic heterocycles. The number of carbonyl (C=O) groups excluding carboxylic acids is 1. The summed E-state index contributed by atoms with van der Waals surface area (Å²) >= 11 is 0. The van der Waals surface area contributed by atoms with Gasteiger partial charge in [-0.25, -0.2) is 4.98 Å². The molecule has 24 heavy (non-hydrogen) atoms. The van der Waals surface area contributed by atoms with Crippen LogP contribution < -0.4 is 11.5 Å². The van der Waals surface area contributed by atoms with Gasteiger partial charge in [0.1, 0.15) is 5.65 Å². The van der Waals surface area contributed by atoms with Crippen LogP contribution in [0.1, 0.15) is 10.4 Å². The van der Waals surface area contributed by atoms with Crippen molar-refractivity contribution in [1.82, 2.24) is 14.5 Å². The number of guanidine groups is 1. The molecule has 0 unspecified atom stereocenters. The molecule has 0 radical (unpaired) electrons. The second-order valence-corrected chi connectivity index (χ2v) is 5.35. The van der Waals surface area contributed by atoms with Crippen molar-refractivity contribution in [3.63, 3.8) is 0 Å². The fourth-order valence-electron chi connectivity index (χ4n) is 2.87. The van der Waals surface area contributed by atoms with Crippen LogP contribution in [-0.4, -0.2) is 26.4 Å². The third kappa shape index (κ3) is 2.11. The molecule has 7 heteroatoms. The number of benzene rings is 1. The van der Waals surface area contributed by atoms with Gasteiger partial charge in [-0.3, -0.25) is 9.36 Å². The van der Waals surface area contributed by atoms with Gasteiger partial charge in [0.25, 0.3) is 5.91 Å². The molecule has 0 aliphatic rings. The predicted molar refractivity (Wildman–Crippen MR) is 93.1 cm³/mol. The summed E-state index contributed by atoms with van der Waals surface area (Å²) in [4.78, 5) is 23.6. The number of hydrogen-bond acceptors (Lipinski definition) is 2. The maximum atomic E-state index is 12.3. The van der Waals surface area contributed by atoms with Crippen molar-refractivity contribution in [2.24, 2.45) is 16.5 Å². The summed E-state index contributed by atoms with van der Waals surface area (Å²) in [6.45, 7) is 0. The van der Waals surface area contributed by atoms with E-state index in [0.29, 0.717) is 16.6 Å². The average Bonchev–Trinajstić information content (AvgIpc) is 3.18. The molecule has 1 amide bonds. The zero-order chi connectivity index (χ0) is 16.7. The number of nitrogens with two attached hydrogens (primary N) is 2. The van der Waals surface area contributed by atoms with Gasteiger partial charge in [0.2, 0.25) is 0 Å². The van der Waals surface area contributed by atoms with Gasteiger partial charge in [0.15, 0.2) is 5.96 Å². The van der Waals surface area contributed by atoms with Gasteiger partial charge in [-0.2, -0.15) is 4.99 Å². The summed E-state index contributed by atoms with van der Waals surface area (Å²) in [6, 6.07) is 11.5. The molecule has 0 saturated heterocycles. The van der Waals surface area contributed by atoms with E-state index in [0.717, 1.165) is 16.6 Å². The first-order valence-electron chi connectivity index (χ1n) is 7.31. The van der Waals surface area contributed by atoms with Crippen LogP contribution in [0.2, 0.25) is 0 Å². The van der Waals surface area contributed by atoms with E-state index in [2.05, 4.69) is 15.0 Å². The van der Waals surface area contributed by atoms with E-state index in [1.165, 1.54) is 0 Å². The highest BCUT2D eigenvalue weighted by Crippen LogP contribution is 2.28. The minimum absolute atomic E-state index is 0.266. The number of hydrogen-bond donors (Lipinski definition) is 3. The predicted octanol–water partition coefficient (Wildman–Crippen LogP) is 1.92. The fourth-order valence-corrected chi connectivity index (χ4v) is 2.87. The molecule has 7 nitrogen and oxygen atoms in total. The van der Waals surface area contributed by atoms with E-state index in [1.807, 2.05) is 41.1 Å². The van der Waals surface area contributed by atoms with Crippen molar-refractivity contribution < 1.29 is 4.79 Å². The van der Waals surface area contributed by atoms with Crippen molar-refractivity contribution in [1.29, 1.82) is 0 Å². The average molecular weight is 318 g/mol. The molecule has 0 fully saturated rings. The number of fused-ring (bicyclic) bond motifs is 2. The summed E-state index contributed by atoms with van der Waals surface area (Å²) in [5.41, 5.74) is 13.7. The van der Waals surface area contributed by atoms with Crippen LogP contribution in [0.3, 0.4) is 0 Å². The number of nitrogens with one attached hydrogen (secondary N) is 1. The lowest BCUT2D eigenvalue weighted by molar-refractivity contribution is 0.100. The van der Waals surface area contributed by atoms with Crippen LogP contribution in [0.25, 0.3) is 27.6 Å². The van der Waals surface area contributed by atoms with Crippen molar-refractivity contribution in [3.05, 3.63) is 60.6 Å². The van der Waals surface area contributed by atoms with Crippen molar-refractivity contribution in [2.75, 3.05) is 0 Å². The van der Waals surface area contributed by atoms with E-state index < -0.39 is 5.91 Å². The smallest absolute Gasteiger partial charge is 0.282 e. The summed E-state index contributed by atoms with van der Waals surface area (Å²) in [7, 11) is 0. The molecule has 1 aromatic carbocycles. The Labute approximate surface area is 136 Å². The highest BCUT2D eigenvalue weighted by atomic mass is 16.1. The van der Waals surface area contributed by atoms with E-state index in [9.17, 15) is 4.79 Å². The number of aromatic amines is 1. The van der Waals surface area contributed by atoms with Gasteiger partial charge >= 0.3 is 0 Å². The molecule has 0 spiro atoms. The molecule has 4 aromatic rings. The van der Waals surface area contributed by atoms with E-state index in [1.54, 1.807) is 18.5 Å². The normalized spacial score (nSPS) is 11.0. The Morgan fingerprint density at radius 3 is 2.83 bits per heavy atom. The van der Waals surface area contributed by atoms with Crippen LogP contribution >= 0.6 is 0 Å². The van der Waals surface area contributed by atoms with Crippen molar-refractivity contribution in [2.45, 2.75) is 0 Å². The quantitative estimate of drug-likeness (QED) is 0.387. The Hall–Kier alpha value is -3.61. The summed E-state index contributed by atoms with van der Waals surface area (Å²) < 4.78 is 1.88. The maximum absolute atomic E-state index is 12.3. The fraction of sp³-hybridized carbons (Fsp3) is 0. The first kappa shape index (κ1) is 14.0. The number of H-pyrrole nitrogens is 1. The highest BCUT2D eigenvalue weighted by molar-refractivity contribution is 6.10. The third-order valence-electron chi connectivity index (χ3n) is 3.86. The number of aromatic nitrogens is 3. The van der Waals surface area contributed by atoms with Crippen LogP contribution in [0.5, 0.6) is 0 Å². The number of aliphatic imine (C=N–C) groups is 1. The molecule has 0 bridgehead atoms. The molecular weight excluding hydrogens is 304 g/mol. The minimum Gasteiger partial charge on any atom is -0.370 e. The Kier molecular flexibility index (Phi) is 3.06. The van der Waals surface area contributed by atoms with Crippen molar-refractivity contribution >= 4 is 33.8 Å². The van der Waals surface area contributed by atoms with Gasteiger partial charge in [-0.1, -0.05) is 6.07 Å². The molecule has 4 rings (SSSR count). The van der Waals surface area contributed by atoms with Crippen molar-refractivity contribution in [3.8, 4) is 5.69 Å². The molecule has 0 aliphatic carbocycles. The monoisotopic (exact) mass is 318 g/mol. The van der Waals surface area contributed by atoms with E-state index in [4.69, 9.17) is 11.5 Å². The maximum Gasteiger partial charge on any atom is 0.282 e. The molecule has 3 heterocycles. The van der Waals surface area contributed by atoms with Gasteiger partial charge in [-0.15, -0.1) is 0 Å². The summed E-state index contributed by atoms with van der Waals surface area (Å²) in [5, 5.41) is 1.72. The molecule has 0 aliphatic heterocycles. The largest absolute Gasteiger partial charge is 0.370 e. The van der Waals surface area contributed by atoms with Gasteiger partial charge in [0, 0.05) is 34.9 Å². The lowest BCUT2D eigenvalue weighted by atomic mass is 10.2.